The predicted molar refractivity (Wildman–Crippen MR) is 111 cm³/mol. The van der Waals surface area contributed by atoms with Crippen molar-refractivity contribution in [2.75, 3.05) is 5.32 Å². The number of thiazole rings is 1. The predicted octanol–water partition coefficient (Wildman–Crippen LogP) is 5.90. The average Bonchev–Trinajstić information content (AvgIpc) is 3.22. The molecule has 138 valence electrons. The summed E-state index contributed by atoms with van der Waals surface area (Å²) in [6.07, 6.45) is 3.42. The number of nitrogens with zero attached hydrogens (tertiary/aromatic N) is 2. The molecule has 5 nitrogen and oxygen atoms in total. The van der Waals surface area contributed by atoms with Crippen LogP contribution in [-0.4, -0.2) is 15.9 Å². The zero-order valence-electron chi connectivity index (χ0n) is 14.5. The van der Waals surface area contributed by atoms with Crippen LogP contribution >= 0.6 is 22.9 Å². The molecule has 0 atom stereocenters. The molecule has 0 saturated carbocycles. The number of nitrogens with one attached hydrogen (secondary N) is 1. The number of aromatic nitrogens is 2. The van der Waals surface area contributed by atoms with Crippen LogP contribution in [0, 0.1) is 0 Å². The van der Waals surface area contributed by atoms with E-state index in [2.05, 4.69) is 15.3 Å². The van der Waals surface area contributed by atoms with Gasteiger partial charge in [0.15, 0.2) is 5.01 Å². The second-order valence-corrected chi connectivity index (χ2v) is 7.11. The van der Waals surface area contributed by atoms with E-state index >= 15 is 0 Å². The van der Waals surface area contributed by atoms with Crippen LogP contribution < -0.4 is 10.1 Å². The van der Waals surface area contributed by atoms with Crippen molar-refractivity contribution in [3.8, 4) is 22.8 Å². The van der Waals surface area contributed by atoms with Crippen molar-refractivity contribution in [1.29, 1.82) is 0 Å². The third-order valence-electron chi connectivity index (χ3n) is 3.82. The van der Waals surface area contributed by atoms with Crippen molar-refractivity contribution in [2.45, 2.75) is 0 Å². The summed E-state index contributed by atoms with van der Waals surface area (Å²) < 4.78 is 5.74. The zero-order valence-corrected chi connectivity index (χ0v) is 16.1. The Kier molecular flexibility index (Phi) is 5.32. The van der Waals surface area contributed by atoms with Crippen LogP contribution in [0.3, 0.4) is 0 Å². The van der Waals surface area contributed by atoms with Gasteiger partial charge in [0.1, 0.15) is 11.5 Å². The number of carbonyl (C=O) groups is 1. The fourth-order valence-electron chi connectivity index (χ4n) is 2.45. The molecular formula is C21H14ClN3O2S. The topological polar surface area (TPSA) is 64.1 Å². The third-order valence-corrected chi connectivity index (χ3v) is 4.91. The van der Waals surface area contributed by atoms with Crippen molar-refractivity contribution in [2.24, 2.45) is 0 Å². The quantitative estimate of drug-likeness (QED) is 0.447. The standard InChI is InChI=1S/C21H14ClN3O2S/c22-15-3-7-17(8-4-15)27-18-9-5-16(6-10-18)24-20(26)21-25-19(13-28-21)14-2-1-11-23-12-14/h1-13H,(H,24,26). The molecule has 4 rings (SSSR count). The lowest BCUT2D eigenvalue weighted by Gasteiger charge is -2.07. The number of rotatable bonds is 5. The second-order valence-electron chi connectivity index (χ2n) is 5.81. The molecule has 0 aliphatic heterocycles. The summed E-state index contributed by atoms with van der Waals surface area (Å²) in [4.78, 5) is 20.9. The van der Waals surface area contributed by atoms with Crippen LogP contribution in [0.2, 0.25) is 5.02 Å². The van der Waals surface area contributed by atoms with E-state index in [1.165, 1.54) is 11.3 Å². The van der Waals surface area contributed by atoms with Crippen molar-refractivity contribution >= 4 is 34.5 Å². The van der Waals surface area contributed by atoms with Crippen LogP contribution in [0.15, 0.2) is 78.4 Å². The lowest BCUT2D eigenvalue weighted by Crippen LogP contribution is -2.11. The van der Waals surface area contributed by atoms with Crippen molar-refractivity contribution in [3.05, 3.63) is 88.5 Å². The molecule has 2 heterocycles. The van der Waals surface area contributed by atoms with Gasteiger partial charge >= 0.3 is 0 Å². The Morgan fingerprint density at radius 2 is 1.71 bits per heavy atom. The summed E-state index contributed by atoms with van der Waals surface area (Å²) >= 11 is 7.16. The van der Waals surface area contributed by atoms with E-state index in [4.69, 9.17) is 16.3 Å². The summed E-state index contributed by atoms with van der Waals surface area (Å²) in [6, 6.07) is 18.0. The summed E-state index contributed by atoms with van der Waals surface area (Å²) in [7, 11) is 0. The smallest absolute Gasteiger partial charge is 0.284 e. The molecular weight excluding hydrogens is 394 g/mol. The number of anilines is 1. The van der Waals surface area contributed by atoms with E-state index in [1.807, 2.05) is 17.5 Å². The fourth-order valence-corrected chi connectivity index (χ4v) is 3.30. The Bertz CT molecular complexity index is 1080. The molecule has 0 bridgehead atoms. The van der Waals surface area contributed by atoms with Gasteiger partial charge < -0.3 is 10.1 Å². The number of benzene rings is 2. The summed E-state index contributed by atoms with van der Waals surface area (Å²) in [5.41, 5.74) is 2.27. The first-order chi connectivity index (χ1) is 13.7. The van der Waals surface area contributed by atoms with Gasteiger partial charge in [-0.05, 0) is 60.7 Å². The highest BCUT2D eigenvalue weighted by atomic mass is 35.5. The zero-order chi connectivity index (χ0) is 19.3. The summed E-state index contributed by atoms with van der Waals surface area (Å²) in [6.45, 7) is 0. The molecule has 0 saturated heterocycles. The lowest BCUT2D eigenvalue weighted by molar-refractivity contribution is 0.102. The highest BCUT2D eigenvalue weighted by Crippen LogP contribution is 2.25. The molecule has 28 heavy (non-hydrogen) atoms. The first kappa shape index (κ1) is 18.2. The highest BCUT2D eigenvalue weighted by Gasteiger charge is 2.12. The molecule has 0 unspecified atom stereocenters. The van der Waals surface area contributed by atoms with E-state index in [0.717, 1.165) is 11.3 Å². The number of hydrogen-bond donors (Lipinski definition) is 1. The van der Waals surface area contributed by atoms with Gasteiger partial charge in [-0.1, -0.05) is 11.6 Å². The van der Waals surface area contributed by atoms with Crippen LogP contribution in [0.4, 0.5) is 5.69 Å². The SMILES string of the molecule is O=C(Nc1ccc(Oc2ccc(Cl)cc2)cc1)c1nc(-c2cccnc2)cs1. The Labute approximate surface area is 170 Å². The second kappa shape index (κ2) is 8.21. The van der Waals surface area contributed by atoms with Crippen molar-refractivity contribution < 1.29 is 9.53 Å². The minimum Gasteiger partial charge on any atom is -0.457 e. The molecule has 0 spiro atoms. The maximum absolute atomic E-state index is 12.4. The van der Waals surface area contributed by atoms with Gasteiger partial charge in [0, 0.05) is 34.0 Å². The number of carbonyl (C=O) groups excluding carboxylic acids is 1. The van der Waals surface area contributed by atoms with E-state index < -0.39 is 0 Å². The van der Waals surface area contributed by atoms with Gasteiger partial charge in [0.2, 0.25) is 0 Å². The first-order valence-corrected chi connectivity index (χ1v) is 9.64. The van der Waals surface area contributed by atoms with Gasteiger partial charge in [-0.2, -0.15) is 0 Å². The summed E-state index contributed by atoms with van der Waals surface area (Å²) in [5.74, 6) is 1.09. The van der Waals surface area contributed by atoms with Crippen LogP contribution in [0.5, 0.6) is 11.5 Å². The monoisotopic (exact) mass is 407 g/mol. The molecule has 2 aromatic carbocycles. The molecule has 0 radical (unpaired) electrons. The molecule has 0 fully saturated rings. The lowest BCUT2D eigenvalue weighted by atomic mass is 10.2. The molecule has 0 aliphatic carbocycles. The van der Waals surface area contributed by atoms with E-state index in [0.29, 0.717) is 27.2 Å². The minimum absolute atomic E-state index is 0.258. The van der Waals surface area contributed by atoms with Crippen molar-refractivity contribution in [3.63, 3.8) is 0 Å². The Balaban J connectivity index is 1.41. The largest absolute Gasteiger partial charge is 0.457 e. The van der Waals surface area contributed by atoms with Gasteiger partial charge in [0.05, 0.1) is 5.69 Å². The summed E-state index contributed by atoms with van der Waals surface area (Å²) in [5, 5.41) is 5.73. The molecule has 7 heteroatoms. The van der Waals surface area contributed by atoms with E-state index in [9.17, 15) is 4.79 Å². The number of halogens is 1. The number of hydrogen-bond acceptors (Lipinski definition) is 5. The van der Waals surface area contributed by atoms with Gasteiger partial charge in [-0.3, -0.25) is 9.78 Å². The van der Waals surface area contributed by atoms with Crippen LogP contribution in [-0.2, 0) is 0 Å². The maximum Gasteiger partial charge on any atom is 0.284 e. The fraction of sp³-hybridized carbons (Fsp3) is 0. The Morgan fingerprint density at radius 1 is 1.00 bits per heavy atom. The van der Waals surface area contributed by atoms with E-state index in [-0.39, 0.29) is 5.91 Å². The molecule has 0 aliphatic rings. The number of amides is 1. The highest BCUT2D eigenvalue weighted by molar-refractivity contribution is 7.12. The normalized spacial score (nSPS) is 10.5. The Hall–Kier alpha value is -3.22. The van der Waals surface area contributed by atoms with Crippen LogP contribution in [0.25, 0.3) is 11.3 Å². The maximum atomic E-state index is 12.4. The van der Waals surface area contributed by atoms with Gasteiger partial charge in [0.25, 0.3) is 5.91 Å². The number of pyridine rings is 1. The molecule has 1 amide bonds. The average molecular weight is 408 g/mol. The molecule has 1 N–H and O–H groups in total. The minimum atomic E-state index is -0.258. The first-order valence-electron chi connectivity index (χ1n) is 8.38. The van der Waals surface area contributed by atoms with Gasteiger partial charge in [-0.15, -0.1) is 11.3 Å². The third kappa shape index (κ3) is 4.36. The van der Waals surface area contributed by atoms with E-state index in [1.54, 1.807) is 60.9 Å². The Morgan fingerprint density at radius 3 is 2.39 bits per heavy atom. The molecule has 2 aromatic heterocycles. The van der Waals surface area contributed by atoms with Gasteiger partial charge in [-0.25, -0.2) is 4.98 Å². The van der Waals surface area contributed by atoms with Crippen LogP contribution in [0.1, 0.15) is 9.80 Å². The molecule has 4 aromatic rings. The number of ether oxygens (including phenoxy) is 1. The van der Waals surface area contributed by atoms with Crippen molar-refractivity contribution in [1.82, 2.24) is 9.97 Å².